The average molecular weight is 301 g/mol. The first-order valence-electron chi connectivity index (χ1n) is 7.67. The molecular formula is C14H21F2N3O2. The molecule has 1 aliphatic carbocycles. The molecule has 3 rings (SSSR count). The molecule has 2 heterocycles. The number of likely N-dealkylation sites (tertiary alicyclic amines) is 2. The van der Waals surface area contributed by atoms with Crippen molar-refractivity contribution in [2.75, 3.05) is 19.6 Å². The number of halogens is 2. The van der Waals surface area contributed by atoms with Crippen molar-refractivity contribution in [2.45, 2.75) is 56.5 Å². The van der Waals surface area contributed by atoms with Gasteiger partial charge in [-0.2, -0.15) is 0 Å². The van der Waals surface area contributed by atoms with Gasteiger partial charge >= 0.3 is 6.03 Å². The fourth-order valence-electron chi connectivity index (χ4n) is 3.43. The molecule has 21 heavy (non-hydrogen) atoms. The lowest BCUT2D eigenvalue weighted by atomic mass is 9.92. The van der Waals surface area contributed by atoms with Crippen molar-refractivity contribution in [2.24, 2.45) is 0 Å². The highest BCUT2D eigenvalue weighted by molar-refractivity contribution is 5.80. The second kappa shape index (κ2) is 5.42. The number of rotatable bonds is 2. The van der Waals surface area contributed by atoms with Gasteiger partial charge in [-0.15, -0.1) is 0 Å². The zero-order chi connectivity index (χ0) is 15.0. The minimum absolute atomic E-state index is 0.0811. The molecule has 3 amide bonds. The fraction of sp³-hybridized carbons (Fsp3) is 0.857. The van der Waals surface area contributed by atoms with Crippen LogP contribution in [0.25, 0.3) is 0 Å². The molecule has 5 nitrogen and oxygen atoms in total. The number of alkyl halides is 2. The Kier molecular flexibility index (Phi) is 3.75. The van der Waals surface area contributed by atoms with Gasteiger partial charge in [0.1, 0.15) is 0 Å². The minimum atomic E-state index is -2.66. The summed E-state index contributed by atoms with van der Waals surface area (Å²) in [6.07, 6.45) is 2.20. The lowest BCUT2D eigenvalue weighted by molar-refractivity contribution is -0.132. The lowest BCUT2D eigenvalue weighted by Crippen LogP contribution is -2.64. The summed E-state index contributed by atoms with van der Waals surface area (Å²) in [6.45, 7) is 1.80. The first-order chi connectivity index (χ1) is 9.94. The van der Waals surface area contributed by atoms with Crippen LogP contribution in [0, 0.1) is 0 Å². The molecule has 1 atom stereocenters. The van der Waals surface area contributed by atoms with Crippen molar-refractivity contribution >= 4 is 11.9 Å². The van der Waals surface area contributed by atoms with Crippen LogP contribution in [0.1, 0.15) is 38.5 Å². The number of amides is 3. The number of hydrogen-bond acceptors (Lipinski definition) is 2. The standard InChI is InChI=1S/C14H21F2N3O2/c15-14(16)5-1-3-10(7-14)17-13(21)18-8-11(9-18)19-6-2-4-12(19)20/h10-11H,1-9H2,(H,17,21). The second-order valence-electron chi connectivity index (χ2n) is 6.35. The van der Waals surface area contributed by atoms with E-state index in [-0.39, 0.29) is 30.8 Å². The maximum Gasteiger partial charge on any atom is 0.317 e. The molecule has 7 heteroatoms. The van der Waals surface area contributed by atoms with Gasteiger partial charge < -0.3 is 15.1 Å². The van der Waals surface area contributed by atoms with Crippen molar-refractivity contribution in [3.05, 3.63) is 0 Å². The Morgan fingerprint density at radius 2 is 2.05 bits per heavy atom. The molecule has 0 aromatic rings. The molecule has 3 aliphatic rings. The number of hydrogen-bond donors (Lipinski definition) is 1. The third kappa shape index (κ3) is 3.11. The Balaban J connectivity index is 1.44. The molecule has 118 valence electrons. The molecule has 0 aromatic heterocycles. The summed E-state index contributed by atoms with van der Waals surface area (Å²) in [5, 5.41) is 2.70. The van der Waals surface area contributed by atoms with Crippen LogP contribution in [0.3, 0.4) is 0 Å². The number of urea groups is 1. The molecule has 1 N–H and O–H groups in total. The minimum Gasteiger partial charge on any atom is -0.336 e. The summed E-state index contributed by atoms with van der Waals surface area (Å²) in [6, 6.07) is -0.604. The van der Waals surface area contributed by atoms with Crippen molar-refractivity contribution in [3.8, 4) is 0 Å². The first-order valence-corrected chi connectivity index (χ1v) is 7.67. The van der Waals surface area contributed by atoms with Crippen LogP contribution in [-0.2, 0) is 4.79 Å². The fourth-order valence-corrected chi connectivity index (χ4v) is 3.43. The molecule has 3 fully saturated rings. The quantitative estimate of drug-likeness (QED) is 0.842. The second-order valence-corrected chi connectivity index (χ2v) is 6.35. The van der Waals surface area contributed by atoms with Crippen LogP contribution >= 0.6 is 0 Å². The highest BCUT2D eigenvalue weighted by atomic mass is 19.3. The Labute approximate surface area is 122 Å². The van der Waals surface area contributed by atoms with Crippen LogP contribution in [0.5, 0.6) is 0 Å². The SMILES string of the molecule is O=C(NC1CCCC(F)(F)C1)N1CC(N2CCCC2=O)C1. The van der Waals surface area contributed by atoms with Crippen LogP contribution in [-0.4, -0.2) is 59.4 Å². The zero-order valence-corrected chi connectivity index (χ0v) is 12.0. The molecule has 0 aromatic carbocycles. The third-order valence-electron chi connectivity index (χ3n) is 4.67. The van der Waals surface area contributed by atoms with E-state index in [0.29, 0.717) is 32.4 Å². The molecule has 2 aliphatic heterocycles. The molecular weight excluding hydrogens is 280 g/mol. The van der Waals surface area contributed by atoms with Gasteiger partial charge in [0.05, 0.1) is 6.04 Å². The van der Waals surface area contributed by atoms with E-state index in [1.54, 1.807) is 4.90 Å². The largest absolute Gasteiger partial charge is 0.336 e. The number of carbonyl (C=O) groups is 2. The van der Waals surface area contributed by atoms with E-state index in [1.165, 1.54) is 0 Å². The Morgan fingerprint density at radius 1 is 1.29 bits per heavy atom. The lowest BCUT2D eigenvalue weighted by Gasteiger charge is -2.44. The Bertz CT molecular complexity index is 438. The van der Waals surface area contributed by atoms with Gasteiger partial charge in [0.15, 0.2) is 0 Å². The van der Waals surface area contributed by atoms with Crippen molar-refractivity contribution in [1.82, 2.24) is 15.1 Å². The van der Waals surface area contributed by atoms with Gasteiger partial charge in [-0.05, 0) is 19.3 Å². The highest BCUT2D eigenvalue weighted by Crippen LogP contribution is 2.33. The van der Waals surface area contributed by atoms with Gasteiger partial charge in [0.25, 0.3) is 0 Å². The molecule has 0 bridgehead atoms. The normalized spacial score (nSPS) is 29.4. The summed E-state index contributed by atoms with van der Waals surface area (Å²) in [5.74, 6) is -2.50. The predicted molar refractivity (Wildman–Crippen MR) is 72.0 cm³/mol. The molecule has 0 spiro atoms. The van der Waals surface area contributed by atoms with E-state index in [1.807, 2.05) is 4.90 Å². The van der Waals surface area contributed by atoms with Crippen molar-refractivity contribution in [1.29, 1.82) is 0 Å². The van der Waals surface area contributed by atoms with Crippen molar-refractivity contribution < 1.29 is 18.4 Å². The summed E-state index contributed by atoms with van der Waals surface area (Å²) >= 11 is 0. The Morgan fingerprint density at radius 3 is 2.67 bits per heavy atom. The molecule has 1 saturated carbocycles. The Hall–Kier alpha value is -1.40. The van der Waals surface area contributed by atoms with E-state index in [2.05, 4.69) is 5.32 Å². The summed E-state index contributed by atoms with van der Waals surface area (Å²) in [4.78, 5) is 27.0. The van der Waals surface area contributed by atoms with Crippen molar-refractivity contribution in [3.63, 3.8) is 0 Å². The zero-order valence-electron chi connectivity index (χ0n) is 12.0. The van der Waals surface area contributed by atoms with Gasteiger partial charge in [0.2, 0.25) is 11.8 Å². The summed E-state index contributed by atoms with van der Waals surface area (Å²) in [5.41, 5.74) is 0. The monoisotopic (exact) mass is 301 g/mol. The predicted octanol–water partition coefficient (Wildman–Crippen LogP) is 1.58. The van der Waals surface area contributed by atoms with Crippen LogP contribution in [0.15, 0.2) is 0 Å². The first kappa shape index (κ1) is 14.5. The maximum atomic E-state index is 13.3. The number of carbonyl (C=O) groups excluding carboxylic acids is 2. The van der Waals surface area contributed by atoms with E-state index in [4.69, 9.17) is 0 Å². The topological polar surface area (TPSA) is 52.7 Å². The van der Waals surface area contributed by atoms with E-state index < -0.39 is 12.0 Å². The summed E-state index contributed by atoms with van der Waals surface area (Å²) in [7, 11) is 0. The number of nitrogens with zero attached hydrogens (tertiary/aromatic N) is 2. The van der Waals surface area contributed by atoms with Gasteiger partial charge in [-0.1, -0.05) is 0 Å². The average Bonchev–Trinajstić information content (AvgIpc) is 2.72. The third-order valence-corrected chi connectivity index (χ3v) is 4.67. The van der Waals surface area contributed by atoms with Crippen LogP contribution in [0.4, 0.5) is 13.6 Å². The molecule has 1 unspecified atom stereocenters. The van der Waals surface area contributed by atoms with Gasteiger partial charge in [-0.25, -0.2) is 13.6 Å². The van der Waals surface area contributed by atoms with E-state index in [9.17, 15) is 18.4 Å². The maximum absolute atomic E-state index is 13.3. The van der Waals surface area contributed by atoms with Gasteiger partial charge in [-0.3, -0.25) is 4.79 Å². The molecule has 2 saturated heterocycles. The summed E-state index contributed by atoms with van der Waals surface area (Å²) < 4.78 is 26.6. The molecule has 0 radical (unpaired) electrons. The smallest absolute Gasteiger partial charge is 0.317 e. The number of nitrogens with one attached hydrogen (secondary N) is 1. The van der Waals surface area contributed by atoms with E-state index in [0.717, 1.165) is 13.0 Å². The van der Waals surface area contributed by atoms with Crippen LogP contribution in [0.2, 0.25) is 0 Å². The van der Waals surface area contributed by atoms with Gasteiger partial charge in [0, 0.05) is 44.9 Å². The highest BCUT2D eigenvalue weighted by Gasteiger charge is 2.41. The van der Waals surface area contributed by atoms with E-state index >= 15 is 0 Å². The van der Waals surface area contributed by atoms with Crippen LogP contribution < -0.4 is 5.32 Å².